The highest BCUT2D eigenvalue weighted by atomic mass is 16.5. The third-order valence-electron chi connectivity index (χ3n) is 5.27. The van der Waals surface area contributed by atoms with Crippen molar-refractivity contribution in [1.29, 1.82) is 0 Å². The van der Waals surface area contributed by atoms with Crippen LogP contribution in [0.25, 0.3) is 10.8 Å². The van der Waals surface area contributed by atoms with Gasteiger partial charge < -0.3 is 25.5 Å². The van der Waals surface area contributed by atoms with E-state index in [0.717, 1.165) is 10.9 Å². The molecule has 2 heterocycles. The number of nitrogens with one attached hydrogen (secondary N) is 2. The van der Waals surface area contributed by atoms with E-state index in [4.69, 9.17) is 10.5 Å². The summed E-state index contributed by atoms with van der Waals surface area (Å²) in [5, 5.41) is 16.9. The Balaban J connectivity index is 1.71. The van der Waals surface area contributed by atoms with Gasteiger partial charge in [-0.15, -0.1) is 0 Å². The fourth-order valence-electron chi connectivity index (χ4n) is 3.51. The van der Waals surface area contributed by atoms with Crippen LogP contribution in [0.15, 0.2) is 48.7 Å². The molecule has 1 aromatic heterocycles. The number of aromatic nitrogens is 1. The van der Waals surface area contributed by atoms with Crippen molar-refractivity contribution in [3.63, 3.8) is 0 Å². The molecular formula is C23H22N4O4. The first-order valence-corrected chi connectivity index (χ1v) is 9.69. The minimum atomic E-state index is -1.53. The summed E-state index contributed by atoms with van der Waals surface area (Å²) in [5.74, 6) is 5.82. The Morgan fingerprint density at radius 1 is 1.23 bits per heavy atom. The van der Waals surface area contributed by atoms with Crippen LogP contribution in [-0.4, -0.2) is 34.3 Å². The van der Waals surface area contributed by atoms with Crippen molar-refractivity contribution >= 4 is 22.7 Å². The summed E-state index contributed by atoms with van der Waals surface area (Å²) in [6.45, 7) is 1.81. The van der Waals surface area contributed by atoms with Gasteiger partial charge in [0.1, 0.15) is 5.75 Å². The zero-order chi connectivity index (χ0) is 22.2. The molecule has 31 heavy (non-hydrogen) atoms. The van der Waals surface area contributed by atoms with Gasteiger partial charge in [0.05, 0.1) is 13.7 Å². The zero-order valence-electron chi connectivity index (χ0n) is 17.1. The van der Waals surface area contributed by atoms with E-state index in [2.05, 4.69) is 22.5 Å². The normalized spacial score (nSPS) is 18.8. The number of benzene rings is 2. The molecule has 3 amide bonds. The first-order chi connectivity index (χ1) is 14.8. The number of aromatic hydroxyl groups is 1. The zero-order valence-corrected chi connectivity index (χ0v) is 17.1. The molecule has 8 heteroatoms. The minimum Gasteiger partial charge on any atom is -0.497 e. The molecule has 158 valence electrons. The maximum absolute atomic E-state index is 12.7. The van der Waals surface area contributed by atoms with Gasteiger partial charge in [-0.3, -0.25) is 10.1 Å². The third-order valence-corrected chi connectivity index (χ3v) is 5.27. The molecule has 1 saturated heterocycles. The first-order valence-electron chi connectivity index (χ1n) is 9.69. The number of carbonyl (C=O) groups is 2. The van der Waals surface area contributed by atoms with Crippen molar-refractivity contribution in [2.24, 2.45) is 5.73 Å². The van der Waals surface area contributed by atoms with Crippen LogP contribution in [0.4, 0.5) is 4.79 Å². The molecule has 0 radical (unpaired) electrons. The molecule has 0 saturated carbocycles. The lowest BCUT2D eigenvalue weighted by Crippen LogP contribution is -2.49. The van der Waals surface area contributed by atoms with Crippen LogP contribution in [0.3, 0.4) is 0 Å². The number of hydrogen-bond acceptors (Lipinski definition) is 5. The van der Waals surface area contributed by atoms with E-state index in [0.29, 0.717) is 16.7 Å². The van der Waals surface area contributed by atoms with E-state index >= 15 is 0 Å². The highest BCUT2D eigenvalue weighted by Gasteiger charge is 2.46. The fourth-order valence-corrected chi connectivity index (χ4v) is 3.51. The number of nitrogens with two attached hydrogens (primary N) is 1. The number of fused-ring (bicyclic) bond motifs is 1. The summed E-state index contributed by atoms with van der Waals surface area (Å²) in [6.07, 6.45) is 1.70. The van der Waals surface area contributed by atoms with Crippen LogP contribution < -0.4 is 21.1 Å². The van der Waals surface area contributed by atoms with Gasteiger partial charge in [0, 0.05) is 28.6 Å². The number of amides is 3. The molecule has 1 unspecified atom stereocenters. The van der Waals surface area contributed by atoms with E-state index < -0.39 is 17.5 Å². The monoisotopic (exact) mass is 418 g/mol. The van der Waals surface area contributed by atoms with Gasteiger partial charge in [0.15, 0.2) is 5.88 Å². The van der Waals surface area contributed by atoms with Crippen molar-refractivity contribution in [2.75, 3.05) is 7.11 Å². The van der Waals surface area contributed by atoms with E-state index in [1.165, 1.54) is 4.57 Å². The lowest BCUT2D eigenvalue weighted by molar-refractivity contribution is -0.122. The van der Waals surface area contributed by atoms with Crippen LogP contribution in [0.1, 0.15) is 24.1 Å². The van der Waals surface area contributed by atoms with Crippen molar-refractivity contribution < 1.29 is 19.4 Å². The van der Waals surface area contributed by atoms with Crippen LogP contribution in [-0.2, 0) is 11.3 Å². The topological polar surface area (TPSA) is 119 Å². The number of urea groups is 1. The smallest absolute Gasteiger partial charge is 0.323 e. The Labute approximate surface area is 179 Å². The van der Waals surface area contributed by atoms with Crippen molar-refractivity contribution in [1.82, 2.24) is 15.2 Å². The molecule has 2 aromatic carbocycles. The molecule has 0 spiro atoms. The minimum absolute atomic E-state index is 0.0506. The molecule has 0 bridgehead atoms. The average Bonchev–Trinajstić information content (AvgIpc) is 3.21. The van der Waals surface area contributed by atoms with Gasteiger partial charge in [-0.1, -0.05) is 24.0 Å². The number of ether oxygens (including phenoxy) is 1. The SMILES string of the molecule is COc1ccc2cn(C[C@]3(C#Cc4ccc(C(C)N)cc4)NC(=O)NC3=O)c(O)c2c1. The second-order valence-corrected chi connectivity index (χ2v) is 7.51. The molecule has 1 aliphatic rings. The lowest BCUT2D eigenvalue weighted by atomic mass is 9.99. The molecular weight excluding hydrogens is 396 g/mol. The fraction of sp³-hybridized carbons (Fsp3) is 0.217. The Bertz CT molecular complexity index is 1230. The van der Waals surface area contributed by atoms with Crippen LogP contribution in [0, 0.1) is 11.8 Å². The van der Waals surface area contributed by atoms with Gasteiger partial charge in [0.25, 0.3) is 5.91 Å². The summed E-state index contributed by atoms with van der Waals surface area (Å²) < 4.78 is 6.70. The second-order valence-electron chi connectivity index (χ2n) is 7.51. The summed E-state index contributed by atoms with van der Waals surface area (Å²) in [6, 6.07) is 11.9. The molecule has 2 atom stereocenters. The maximum atomic E-state index is 12.7. The number of imide groups is 1. The molecule has 1 aliphatic heterocycles. The van der Waals surface area contributed by atoms with Crippen molar-refractivity contribution in [2.45, 2.75) is 25.0 Å². The predicted octanol–water partition coefficient (Wildman–Crippen LogP) is 2.01. The number of rotatable bonds is 4. The van der Waals surface area contributed by atoms with Crippen LogP contribution in [0.2, 0.25) is 0 Å². The highest BCUT2D eigenvalue weighted by Crippen LogP contribution is 2.32. The van der Waals surface area contributed by atoms with Gasteiger partial charge in [-0.2, -0.15) is 0 Å². The van der Waals surface area contributed by atoms with Crippen molar-refractivity contribution in [3.05, 3.63) is 59.8 Å². The van der Waals surface area contributed by atoms with Gasteiger partial charge >= 0.3 is 6.03 Å². The quantitative estimate of drug-likeness (QED) is 0.382. The summed E-state index contributed by atoms with van der Waals surface area (Å²) >= 11 is 0. The Hall–Kier alpha value is -3.96. The van der Waals surface area contributed by atoms with E-state index in [9.17, 15) is 14.7 Å². The van der Waals surface area contributed by atoms with E-state index in [1.54, 1.807) is 31.5 Å². The highest BCUT2D eigenvalue weighted by molar-refractivity contribution is 6.09. The molecule has 5 N–H and O–H groups in total. The maximum Gasteiger partial charge on any atom is 0.323 e. The standard InChI is InChI=1S/C23H22N4O4/c1-14(24)16-5-3-15(4-6-16)9-10-23(21(29)25-22(30)26-23)13-27-12-17-7-8-18(31-2)11-19(17)20(27)28/h3-8,11-12,14,28H,13,24H2,1-2H3,(H2,25,26,29,30)/t14?,23-/m0/s1. The number of hydrogen-bond donors (Lipinski definition) is 4. The summed E-state index contributed by atoms with van der Waals surface area (Å²) in [5.41, 5.74) is 5.97. The molecule has 0 aliphatic carbocycles. The van der Waals surface area contributed by atoms with E-state index in [1.807, 2.05) is 31.2 Å². The average molecular weight is 418 g/mol. The largest absolute Gasteiger partial charge is 0.497 e. The summed E-state index contributed by atoms with van der Waals surface area (Å²) in [4.78, 5) is 24.6. The predicted molar refractivity (Wildman–Crippen MR) is 115 cm³/mol. The lowest BCUT2D eigenvalue weighted by Gasteiger charge is -2.20. The van der Waals surface area contributed by atoms with Crippen LogP contribution >= 0.6 is 0 Å². The first kappa shape index (κ1) is 20.3. The van der Waals surface area contributed by atoms with E-state index in [-0.39, 0.29) is 18.5 Å². The van der Waals surface area contributed by atoms with Gasteiger partial charge in [-0.05, 0) is 42.8 Å². The number of carbonyl (C=O) groups excluding carboxylic acids is 2. The molecule has 3 aromatic rings. The molecule has 4 rings (SSSR count). The van der Waals surface area contributed by atoms with Crippen LogP contribution in [0.5, 0.6) is 11.6 Å². The number of methoxy groups -OCH3 is 1. The number of nitrogens with zero attached hydrogens (tertiary/aromatic N) is 1. The Morgan fingerprint density at radius 3 is 2.58 bits per heavy atom. The second kappa shape index (κ2) is 7.70. The Kier molecular flexibility index (Phi) is 5.05. The third kappa shape index (κ3) is 3.79. The molecule has 8 nitrogen and oxygen atoms in total. The summed E-state index contributed by atoms with van der Waals surface area (Å²) in [7, 11) is 1.54. The van der Waals surface area contributed by atoms with Gasteiger partial charge in [0.2, 0.25) is 5.54 Å². The van der Waals surface area contributed by atoms with Crippen molar-refractivity contribution in [3.8, 4) is 23.5 Å². The Morgan fingerprint density at radius 2 is 1.97 bits per heavy atom. The van der Waals surface area contributed by atoms with Gasteiger partial charge in [-0.25, -0.2) is 4.79 Å². The molecule has 1 fully saturated rings.